The molecule has 0 unspecified atom stereocenters. The number of methoxy groups -OCH3 is 1. The molecule has 0 spiro atoms. The molecule has 14 heteroatoms. The van der Waals surface area contributed by atoms with E-state index in [0.29, 0.717) is 35.6 Å². The molecule has 0 saturated carbocycles. The lowest BCUT2D eigenvalue weighted by Gasteiger charge is -2.28. The average molecular weight is 861 g/mol. The maximum atomic E-state index is 10.4. The van der Waals surface area contributed by atoms with Crippen LogP contribution in [0.3, 0.4) is 0 Å². The number of thiol groups is 2. The number of para-hydroxylation sites is 2. The number of ether oxygens (including phenoxy) is 1. The Balaban J connectivity index is 0.00000209. The first-order chi connectivity index (χ1) is 28.8. The van der Waals surface area contributed by atoms with E-state index in [2.05, 4.69) is 117 Å². The van der Waals surface area contributed by atoms with E-state index in [4.69, 9.17) is 14.7 Å². The second-order valence-electron chi connectivity index (χ2n) is 13.1. The van der Waals surface area contributed by atoms with Crippen LogP contribution in [0, 0.1) is 0 Å². The first-order valence-electron chi connectivity index (χ1n) is 20.8. The Morgan fingerprint density at radius 2 is 1.25 bits per heavy atom. The third-order valence-electron chi connectivity index (χ3n) is 7.95. The highest BCUT2D eigenvalue weighted by atomic mass is 32.1. The van der Waals surface area contributed by atoms with Crippen molar-refractivity contribution in [3.8, 4) is 11.5 Å². The fourth-order valence-electron chi connectivity index (χ4n) is 5.42. The second-order valence-corrected chi connectivity index (χ2v) is 14.1. The molecule has 4 rings (SSSR count). The Bertz CT molecular complexity index is 1930. The molecule has 0 aliphatic carbocycles. The number of phenolic OH excluding ortho intramolecular Hbond substituents is 1. The van der Waals surface area contributed by atoms with Gasteiger partial charge in [0, 0.05) is 49.2 Å². The van der Waals surface area contributed by atoms with E-state index in [-0.39, 0.29) is 5.75 Å². The number of guanidine groups is 1. The maximum Gasteiger partial charge on any atom is 0.230 e. The Labute approximate surface area is 372 Å². The van der Waals surface area contributed by atoms with Gasteiger partial charge in [-0.1, -0.05) is 73.1 Å². The quantitative estimate of drug-likeness (QED) is 0.0193. The van der Waals surface area contributed by atoms with Gasteiger partial charge < -0.3 is 30.7 Å². The lowest BCUT2D eigenvalue weighted by Crippen LogP contribution is -2.28. The summed E-state index contributed by atoms with van der Waals surface area (Å²) in [5.74, 6) is 2.13. The molecule has 60 heavy (non-hydrogen) atoms. The molecule has 4 aromatic rings. The van der Waals surface area contributed by atoms with Gasteiger partial charge in [-0.15, -0.1) is 25.3 Å². The van der Waals surface area contributed by atoms with Gasteiger partial charge in [-0.05, 0) is 94.4 Å². The summed E-state index contributed by atoms with van der Waals surface area (Å²) < 4.78 is 5.61. The van der Waals surface area contributed by atoms with Crippen LogP contribution in [0.25, 0.3) is 0 Å². The van der Waals surface area contributed by atoms with Crippen molar-refractivity contribution in [3.63, 3.8) is 0 Å². The standard InChI is InChI=1S/C38H50N10O2S2.2C3H8.C2H6/c1-9-39-25(4)41-38(42-26(5)40-30-14-12-13-15-34(30)46(6)44-32-23-28(51)17-20-36(32)49)43-31-22-27(48(10-2)11-3)16-19-35(31)47(7)45-33-24-29(52)18-21-37(33)50-8;2*1-3-2;1-2/h12-24,40,44-45,49,51-52H,5,9-11H2,1-4,6-8H3,(H2,39,41,42,43);2*3H2,1-2H3;1-2H3. The van der Waals surface area contributed by atoms with Crippen molar-refractivity contribution < 1.29 is 9.84 Å². The fourth-order valence-corrected chi connectivity index (χ4v) is 5.83. The van der Waals surface area contributed by atoms with Gasteiger partial charge in [0.1, 0.15) is 23.2 Å². The normalized spacial score (nSPS) is 10.6. The summed E-state index contributed by atoms with van der Waals surface area (Å²) in [5.41, 5.74) is 12.1. The number of benzene rings is 4. The Morgan fingerprint density at radius 3 is 1.83 bits per heavy atom. The van der Waals surface area contributed by atoms with Crippen molar-refractivity contribution in [2.45, 2.75) is 91.9 Å². The minimum Gasteiger partial charge on any atom is -0.506 e. The molecule has 0 bridgehead atoms. The lowest BCUT2D eigenvalue weighted by atomic mass is 10.2. The van der Waals surface area contributed by atoms with Crippen LogP contribution < -0.4 is 46.5 Å². The number of hydrogen-bond donors (Lipinski definition) is 8. The number of hydrazine groups is 2. The number of aliphatic imine (C=N–C) groups is 2. The largest absolute Gasteiger partial charge is 0.506 e. The van der Waals surface area contributed by atoms with E-state index in [1.54, 1.807) is 30.3 Å². The number of nitrogens with zero attached hydrogens (tertiary/aromatic N) is 5. The van der Waals surface area contributed by atoms with E-state index in [1.807, 2.05) is 95.3 Å². The third-order valence-corrected chi connectivity index (χ3v) is 8.50. The number of amidine groups is 1. The van der Waals surface area contributed by atoms with Crippen molar-refractivity contribution >= 4 is 76.9 Å². The van der Waals surface area contributed by atoms with Crippen molar-refractivity contribution in [1.29, 1.82) is 0 Å². The van der Waals surface area contributed by atoms with Gasteiger partial charge in [0.2, 0.25) is 5.96 Å². The molecule has 0 aliphatic rings. The highest BCUT2D eigenvalue weighted by Crippen LogP contribution is 2.34. The molecule has 4 aromatic carbocycles. The Kier molecular flexibility index (Phi) is 25.4. The predicted octanol–water partition coefficient (Wildman–Crippen LogP) is 12.0. The maximum absolute atomic E-state index is 10.4. The molecule has 0 amide bonds. The number of rotatable bonds is 15. The van der Waals surface area contributed by atoms with E-state index < -0.39 is 0 Å². The van der Waals surface area contributed by atoms with Crippen LogP contribution >= 0.6 is 25.3 Å². The van der Waals surface area contributed by atoms with Crippen LogP contribution in [0.1, 0.15) is 82.1 Å². The minimum atomic E-state index is 0.105. The van der Waals surface area contributed by atoms with Crippen LogP contribution in [0.5, 0.6) is 11.5 Å². The zero-order chi connectivity index (χ0) is 45.2. The van der Waals surface area contributed by atoms with Crippen LogP contribution in [0.15, 0.2) is 111 Å². The monoisotopic (exact) mass is 861 g/mol. The molecule has 0 fully saturated rings. The summed E-state index contributed by atoms with van der Waals surface area (Å²) in [6, 6.07) is 24.7. The van der Waals surface area contributed by atoms with Crippen molar-refractivity contribution in [3.05, 3.63) is 91.3 Å². The number of anilines is 7. The number of aromatic hydroxyl groups is 1. The number of phenols is 1. The fraction of sp³-hybridized carbons (Fsp3) is 0.391. The zero-order valence-corrected chi connectivity index (χ0v) is 40.0. The van der Waals surface area contributed by atoms with Crippen LogP contribution in [0.2, 0.25) is 0 Å². The van der Waals surface area contributed by atoms with Crippen molar-refractivity contribution in [2.24, 2.45) is 9.98 Å². The first kappa shape index (κ1) is 52.7. The number of nitrogens with one attached hydrogen (secondary N) is 5. The summed E-state index contributed by atoms with van der Waals surface area (Å²) in [7, 11) is 5.42. The van der Waals surface area contributed by atoms with Crippen LogP contribution in [0.4, 0.5) is 39.8 Å². The van der Waals surface area contributed by atoms with E-state index in [9.17, 15) is 5.11 Å². The molecular formula is C46H72N10O2S2. The molecule has 0 aliphatic heterocycles. The van der Waals surface area contributed by atoms with Crippen LogP contribution in [-0.4, -0.2) is 57.7 Å². The highest BCUT2D eigenvalue weighted by molar-refractivity contribution is 7.80. The molecule has 0 aromatic heterocycles. The summed E-state index contributed by atoms with van der Waals surface area (Å²) >= 11 is 8.95. The molecule has 6 N–H and O–H groups in total. The van der Waals surface area contributed by atoms with Gasteiger partial charge in [-0.25, -0.2) is 4.99 Å². The van der Waals surface area contributed by atoms with E-state index in [1.165, 1.54) is 12.8 Å². The Morgan fingerprint density at radius 1 is 0.700 bits per heavy atom. The highest BCUT2D eigenvalue weighted by Gasteiger charge is 2.16. The topological polar surface area (TPSA) is 124 Å². The minimum absolute atomic E-state index is 0.105. The molecule has 0 saturated heterocycles. The first-order valence-corrected chi connectivity index (χ1v) is 21.7. The van der Waals surface area contributed by atoms with Gasteiger partial charge in [0.25, 0.3) is 0 Å². The van der Waals surface area contributed by atoms with Crippen molar-refractivity contribution in [2.75, 3.05) is 77.2 Å². The smallest absolute Gasteiger partial charge is 0.230 e. The zero-order valence-electron chi connectivity index (χ0n) is 38.2. The Hall–Kier alpha value is -5.34. The molecule has 12 nitrogen and oxygen atoms in total. The second kappa shape index (κ2) is 29.0. The van der Waals surface area contributed by atoms with Crippen molar-refractivity contribution in [1.82, 2.24) is 5.32 Å². The van der Waals surface area contributed by atoms with E-state index >= 15 is 0 Å². The summed E-state index contributed by atoms with van der Waals surface area (Å²) in [6.45, 7) is 27.3. The summed E-state index contributed by atoms with van der Waals surface area (Å²) in [6.07, 6.45) is 2.50. The molecule has 0 radical (unpaired) electrons. The van der Waals surface area contributed by atoms with Gasteiger partial charge in [0.15, 0.2) is 0 Å². The molecule has 330 valence electrons. The molecular weight excluding hydrogens is 789 g/mol. The van der Waals surface area contributed by atoms with Gasteiger partial charge in [0.05, 0.1) is 41.2 Å². The molecule has 0 atom stereocenters. The lowest BCUT2D eigenvalue weighted by molar-refractivity contribution is 0.416. The number of hydrogen-bond acceptors (Lipinski definition) is 11. The predicted molar refractivity (Wildman–Crippen MR) is 270 cm³/mol. The molecule has 0 heterocycles. The third kappa shape index (κ3) is 17.5. The van der Waals surface area contributed by atoms with Gasteiger partial charge >= 0.3 is 0 Å². The SMILES string of the molecule is C=C(/N=C(\N=C(/C)NCC)Nc1cc(N(CC)CC)ccc1N(C)Nc1cc(S)ccc1OC)Nc1ccccc1N(C)Nc1cc(S)ccc1O.CC.CCC.CCC. The average Bonchev–Trinajstić information content (AvgIpc) is 3.21. The summed E-state index contributed by atoms with van der Waals surface area (Å²) in [4.78, 5) is 13.4. The summed E-state index contributed by atoms with van der Waals surface area (Å²) in [5, 5.41) is 24.2. The van der Waals surface area contributed by atoms with Crippen LogP contribution in [-0.2, 0) is 0 Å². The van der Waals surface area contributed by atoms with E-state index in [0.717, 1.165) is 57.0 Å². The van der Waals surface area contributed by atoms with Gasteiger partial charge in [-0.2, -0.15) is 4.99 Å². The van der Waals surface area contributed by atoms with Gasteiger partial charge in [-0.3, -0.25) is 20.9 Å².